The number of thioether (sulfide) groups is 1. The van der Waals surface area contributed by atoms with Crippen LogP contribution < -0.4 is 0 Å². The molecule has 1 saturated heterocycles. The number of β-amino-alcohol motifs (C(OH)–C–C–N with tert-alkyl or cyclic N) is 1. The van der Waals surface area contributed by atoms with Crippen LogP contribution in [0.3, 0.4) is 0 Å². The molecule has 16 heavy (non-hydrogen) atoms. The molecule has 1 heterocycles. The highest BCUT2D eigenvalue weighted by Gasteiger charge is 2.32. The molecule has 1 aliphatic rings. The predicted molar refractivity (Wildman–Crippen MR) is 60.4 cm³/mol. The molecule has 1 aromatic rings. The normalized spacial score (nSPS) is 20.5. The van der Waals surface area contributed by atoms with Crippen molar-refractivity contribution in [3.05, 3.63) is 35.6 Å². The van der Waals surface area contributed by atoms with Crippen LogP contribution in [0.25, 0.3) is 0 Å². The molecule has 1 amide bonds. The summed E-state index contributed by atoms with van der Waals surface area (Å²) in [6, 6.07) is 6.23. The minimum absolute atomic E-state index is 0.00619. The van der Waals surface area contributed by atoms with Gasteiger partial charge in [-0.1, -0.05) is 12.1 Å². The molecule has 3 nitrogen and oxygen atoms in total. The number of benzene rings is 1. The van der Waals surface area contributed by atoms with E-state index in [1.54, 1.807) is 17.0 Å². The first-order valence-corrected chi connectivity index (χ1v) is 6.04. The number of carbonyl (C=O) groups excluding carboxylic acids is 1. The highest BCUT2D eigenvalue weighted by molar-refractivity contribution is 8.00. The molecule has 0 spiro atoms. The molecule has 2 rings (SSSR count). The predicted octanol–water partition coefficient (Wildman–Crippen LogP) is 1.39. The van der Waals surface area contributed by atoms with E-state index >= 15 is 0 Å². The quantitative estimate of drug-likeness (QED) is 0.869. The number of hydrogen-bond donors (Lipinski definition) is 1. The average Bonchev–Trinajstić information content (AvgIpc) is 2.61. The second-order valence-electron chi connectivity index (χ2n) is 3.53. The summed E-state index contributed by atoms with van der Waals surface area (Å²) in [6.07, 6.45) is 0. The fraction of sp³-hybridized carbons (Fsp3) is 0.364. The Labute approximate surface area is 97.3 Å². The van der Waals surface area contributed by atoms with Crippen LogP contribution in [0.1, 0.15) is 10.9 Å². The zero-order valence-electron chi connectivity index (χ0n) is 8.60. The molecule has 1 aliphatic heterocycles. The molecule has 5 heteroatoms. The Morgan fingerprint density at radius 2 is 2.38 bits per heavy atom. The Kier molecular flexibility index (Phi) is 3.46. The number of aliphatic hydroxyl groups excluding tert-OH is 1. The van der Waals surface area contributed by atoms with Crippen molar-refractivity contribution in [1.29, 1.82) is 0 Å². The van der Waals surface area contributed by atoms with Crippen LogP contribution in [0, 0.1) is 5.82 Å². The second-order valence-corrected chi connectivity index (χ2v) is 4.60. The molecule has 1 atom stereocenters. The van der Waals surface area contributed by atoms with E-state index < -0.39 is 0 Å². The molecule has 0 radical (unpaired) electrons. The van der Waals surface area contributed by atoms with Crippen LogP contribution in [-0.4, -0.2) is 34.8 Å². The van der Waals surface area contributed by atoms with Gasteiger partial charge in [-0.2, -0.15) is 0 Å². The zero-order valence-corrected chi connectivity index (χ0v) is 9.41. The van der Waals surface area contributed by atoms with Gasteiger partial charge in [0.25, 0.3) is 0 Å². The molecule has 1 fully saturated rings. The summed E-state index contributed by atoms with van der Waals surface area (Å²) in [6.45, 7) is 0.227. The number of carbonyl (C=O) groups is 1. The zero-order chi connectivity index (χ0) is 11.5. The fourth-order valence-corrected chi connectivity index (χ4v) is 2.95. The number of hydrogen-bond acceptors (Lipinski definition) is 3. The van der Waals surface area contributed by atoms with Gasteiger partial charge in [-0.3, -0.25) is 4.79 Å². The molecule has 0 bridgehead atoms. The number of halogens is 1. The van der Waals surface area contributed by atoms with Crippen molar-refractivity contribution in [2.45, 2.75) is 5.37 Å². The third-order valence-corrected chi connectivity index (χ3v) is 3.70. The first-order chi connectivity index (χ1) is 7.72. The summed E-state index contributed by atoms with van der Waals surface area (Å²) in [4.78, 5) is 13.1. The second kappa shape index (κ2) is 4.84. The molecule has 86 valence electrons. The Morgan fingerprint density at radius 3 is 3.06 bits per heavy atom. The van der Waals surface area contributed by atoms with Crippen molar-refractivity contribution in [1.82, 2.24) is 4.90 Å². The number of rotatable bonds is 3. The minimum atomic E-state index is -0.304. The molecular formula is C11H12FNO2S. The SMILES string of the molecule is O=C1CS[C@H](c2cccc(F)c2)N1CCO. The van der Waals surface area contributed by atoms with E-state index in [2.05, 4.69) is 0 Å². The van der Waals surface area contributed by atoms with Crippen LogP contribution in [0.4, 0.5) is 4.39 Å². The number of amides is 1. The maximum absolute atomic E-state index is 13.1. The minimum Gasteiger partial charge on any atom is -0.395 e. The van der Waals surface area contributed by atoms with E-state index in [-0.39, 0.29) is 23.7 Å². The first kappa shape index (κ1) is 11.4. The van der Waals surface area contributed by atoms with Gasteiger partial charge in [-0.15, -0.1) is 11.8 Å². The summed E-state index contributed by atoms with van der Waals surface area (Å²) in [5.41, 5.74) is 0.768. The summed E-state index contributed by atoms with van der Waals surface area (Å²) in [5.74, 6) is 0.0796. The molecule has 0 saturated carbocycles. The lowest BCUT2D eigenvalue weighted by atomic mass is 10.2. The van der Waals surface area contributed by atoms with Gasteiger partial charge >= 0.3 is 0 Å². The van der Waals surface area contributed by atoms with Crippen molar-refractivity contribution in [3.8, 4) is 0 Å². The van der Waals surface area contributed by atoms with Crippen molar-refractivity contribution in [3.63, 3.8) is 0 Å². The fourth-order valence-electron chi connectivity index (χ4n) is 1.74. The standard InChI is InChI=1S/C11H12FNO2S/c12-9-3-1-2-8(6-9)11-13(4-5-14)10(15)7-16-11/h1-3,6,11,14H,4-5,7H2/t11-/m1/s1. The van der Waals surface area contributed by atoms with E-state index in [0.717, 1.165) is 5.56 Å². The van der Waals surface area contributed by atoms with E-state index in [9.17, 15) is 9.18 Å². The van der Waals surface area contributed by atoms with Crippen LogP contribution in [0.2, 0.25) is 0 Å². The lowest BCUT2D eigenvalue weighted by Crippen LogP contribution is -2.30. The van der Waals surface area contributed by atoms with Gasteiger partial charge in [-0.25, -0.2) is 4.39 Å². The van der Waals surface area contributed by atoms with Crippen molar-refractivity contribution >= 4 is 17.7 Å². The largest absolute Gasteiger partial charge is 0.395 e. The van der Waals surface area contributed by atoms with Crippen molar-refractivity contribution in [2.75, 3.05) is 18.9 Å². The lowest BCUT2D eigenvalue weighted by Gasteiger charge is -2.23. The summed E-state index contributed by atoms with van der Waals surface area (Å²) in [7, 11) is 0. The van der Waals surface area contributed by atoms with Gasteiger partial charge in [0.1, 0.15) is 11.2 Å². The van der Waals surface area contributed by atoms with Crippen LogP contribution in [0.5, 0.6) is 0 Å². The summed E-state index contributed by atoms with van der Waals surface area (Å²) in [5, 5.41) is 8.72. The average molecular weight is 241 g/mol. The molecule has 0 unspecified atom stereocenters. The van der Waals surface area contributed by atoms with Gasteiger partial charge < -0.3 is 10.0 Å². The molecule has 1 N–H and O–H groups in total. The van der Waals surface area contributed by atoms with Crippen LogP contribution in [-0.2, 0) is 4.79 Å². The maximum Gasteiger partial charge on any atom is 0.233 e. The number of nitrogens with zero attached hydrogens (tertiary/aromatic N) is 1. The third-order valence-electron chi connectivity index (χ3n) is 2.44. The topological polar surface area (TPSA) is 40.5 Å². The molecule has 1 aromatic carbocycles. The summed E-state index contributed by atoms with van der Waals surface area (Å²) >= 11 is 1.46. The monoisotopic (exact) mass is 241 g/mol. The van der Waals surface area contributed by atoms with E-state index in [0.29, 0.717) is 12.3 Å². The van der Waals surface area contributed by atoms with Crippen LogP contribution in [0.15, 0.2) is 24.3 Å². The summed E-state index contributed by atoms with van der Waals surface area (Å²) < 4.78 is 13.1. The van der Waals surface area contributed by atoms with Gasteiger partial charge in [0.05, 0.1) is 12.4 Å². The smallest absolute Gasteiger partial charge is 0.233 e. The lowest BCUT2D eigenvalue weighted by molar-refractivity contribution is -0.128. The van der Waals surface area contributed by atoms with Crippen molar-refractivity contribution < 1.29 is 14.3 Å². The maximum atomic E-state index is 13.1. The van der Waals surface area contributed by atoms with E-state index in [4.69, 9.17) is 5.11 Å². The Balaban J connectivity index is 2.23. The molecule has 0 aromatic heterocycles. The third kappa shape index (κ3) is 2.20. The first-order valence-electron chi connectivity index (χ1n) is 5.00. The van der Waals surface area contributed by atoms with Crippen LogP contribution >= 0.6 is 11.8 Å². The van der Waals surface area contributed by atoms with Gasteiger partial charge in [0.2, 0.25) is 5.91 Å². The van der Waals surface area contributed by atoms with Gasteiger partial charge in [0, 0.05) is 6.54 Å². The van der Waals surface area contributed by atoms with Crippen molar-refractivity contribution in [2.24, 2.45) is 0 Å². The van der Waals surface area contributed by atoms with E-state index in [1.165, 1.54) is 23.9 Å². The Morgan fingerprint density at radius 1 is 1.56 bits per heavy atom. The highest BCUT2D eigenvalue weighted by Crippen LogP contribution is 2.38. The molecule has 0 aliphatic carbocycles. The Bertz CT molecular complexity index is 399. The Hall–Kier alpha value is -1.07. The van der Waals surface area contributed by atoms with Gasteiger partial charge in [-0.05, 0) is 17.7 Å². The number of aliphatic hydroxyl groups is 1. The van der Waals surface area contributed by atoms with E-state index in [1.807, 2.05) is 0 Å². The molecular weight excluding hydrogens is 229 g/mol. The highest BCUT2D eigenvalue weighted by atomic mass is 32.2. The van der Waals surface area contributed by atoms with Gasteiger partial charge in [0.15, 0.2) is 0 Å².